The first-order valence-corrected chi connectivity index (χ1v) is 9.54. The van der Waals surface area contributed by atoms with Crippen LogP contribution in [0.2, 0.25) is 0 Å². The fourth-order valence-corrected chi connectivity index (χ4v) is 3.46. The lowest BCUT2D eigenvalue weighted by Crippen LogP contribution is -2.53. The summed E-state index contributed by atoms with van der Waals surface area (Å²) in [6.45, 7) is 11.8. The third-order valence-corrected chi connectivity index (χ3v) is 4.91. The molecule has 1 aromatic heterocycles. The monoisotopic (exact) mass is 489 g/mol. The lowest BCUT2D eigenvalue weighted by atomic mass is 10.1. The Bertz CT molecular complexity index is 560. The standard InChI is InChI=1S/C18H31N7O.HI/c1-16(15-23-10-12-26-13-11-23)14-22-17(19-2)24-6-8-25(9-7-24)18-20-4-3-5-21-18;/h3-5,16H,6-15H2,1-2H3,(H,19,22);1H. The van der Waals surface area contributed by atoms with Crippen molar-refractivity contribution in [3.63, 3.8) is 0 Å². The minimum atomic E-state index is 0. The van der Waals surface area contributed by atoms with Gasteiger partial charge in [0.15, 0.2) is 5.96 Å². The van der Waals surface area contributed by atoms with Crippen molar-refractivity contribution in [3.8, 4) is 0 Å². The number of nitrogens with one attached hydrogen (secondary N) is 1. The molecule has 0 saturated carbocycles. The number of hydrogen-bond acceptors (Lipinski definition) is 6. The zero-order chi connectivity index (χ0) is 18.2. The van der Waals surface area contributed by atoms with Crippen LogP contribution in [0.5, 0.6) is 0 Å². The highest BCUT2D eigenvalue weighted by Gasteiger charge is 2.21. The average Bonchev–Trinajstić information content (AvgIpc) is 2.70. The number of ether oxygens (including phenoxy) is 1. The quantitative estimate of drug-likeness (QED) is 0.372. The van der Waals surface area contributed by atoms with Crippen LogP contribution in [0.3, 0.4) is 0 Å². The highest BCUT2D eigenvalue weighted by Crippen LogP contribution is 2.10. The van der Waals surface area contributed by atoms with Crippen LogP contribution >= 0.6 is 24.0 Å². The summed E-state index contributed by atoms with van der Waals surface area (Å²) in [5.74, 6) is 2.38. The summed E-state index contributed by atoms with van der Waals surface area (Å²) < 4.78 is 5.42. The molecule has 2 aliphatic heterocycles. The third-order valence-electron chi connectivity index (χ3n) is 4.91. The molecule has 3 rings (SSSR count). The Morgan fingerprint density at radius 1 is 1.15 bits per heavy atom. The van der Waals surface area contributed by atoms with Gasteiger partial charge in [0.25, 0.3) is 0 Å². The van der Waals surface area contributed by atoms with Gasteiger partial charge in [0.1, 0.15) is 0 Å². The minimum absolute atomic E-state index is 0. The van der Waals surface area contributed by atoms with Crippen LogP contribution in [0.15, 0.2) is 23.5 Å². The number of morpholine rings is 1. The van der Waals surface area contributed by atoms with Crippen LogP contribution < -0.4 is 10.2 Å². The maximum atomic E-state index is 5.42. The predicted molar refractivity (Wildman–Crippen MR) is 119 cm³/mol. The van der Waals surface area contributed by atoms with Crippen molar-refractivity contribution >= 4 is 35.9 Å². The molecule has 2 aliphatic rings. The summed E-state index contributed by atoms with van der Waals surface area (Å²) in [5.41, 5.74) is 0. The molecule has 27 heavy (non-hydrogen) atoms. The molecule has 0 bridgehead atoms. The Morgan fingerprint density at radius 3 is 2.44 bits per heavy atom. The fraction of sp³-hybridized carbons (Fsp3) is 0.722. The van der Waals surface area contributed by atoms with Crippen molar-refractivity contribution in [2.45, 2.75) is 6.92 Å². The highest BCUT2D eigenvalue weighted by atomic mass is 127. The molecule has 2 saturated heterocycles. The first-order chi connectivity index (χ1) is 12.8. The van der Waals surface area contributed by atoms with Gasteiger partial charge in [-0.25, -0.2) is 9.97 Å². The van der Waals surface area contributed by atoms with E-state index in [1.165, 1.54) is 0 Å². The number of anilines is 1. The van der Waals surface area contributed by atoms with Crippen molar-refractivity contribution in [1.82, 2.24) is 25.1 Å². The van der Waals surface area contributed by atoms with Crippen LogP contribution in [-0.2, 0) is 4.74 Å². The first-order valence-electron chi connectivity index (χ1n) is 9.54. The van der Waals surface area contributed by atoms with Gasteiger partial charge in [0, 0.05) is 71.8 Å². The molecule has 1 N–H and O–H groups in total. The topological polar surface area (TPSA) is 69.1 Å². The van der Waals surface area contributed by atoms with Gasteiger partial charge in [-0.2, -0.15) is 0 Å². The van der Waals surface area contributed by atoms with Gasteiger partial charge >= 0.3 is 0 Å². The van der Waals surface area contributed by atoms with E-state index in [0.29, 0.717) is 5.92 Å². The maximum Gasteiger partial charge on any atom is 0.225 e. The normalized spacial score (nSPS) is 20.1. The Kier molecular flexibility index (Phi) is 9.49. The second-order valence-electron chi connectivity index (χ2n) is 6.97. The molecule has 1 aromatic rings. The summed E-state index contributed by atoms with van der Waals surface area (Å²) in [6, 6.07) is 1.85. The molecule has 1 unspecified atom stereocenters. The van der Waals surface area contributed by atoms with E-state index in [1.807, 2.05) is 13.1 Å². The maximum absolute atomic E-state index is 5.42. The molecule has 0 radical (unpaired) electrons. The molecule has 0 amide bonds. The molecule has 0 aliphatic carbocycles. The van der Waals surface area contributed by atoms with E-state index in [9.17, 15) is 0 Å². The lowest BCUT2D eigenvalue weighted by molar-refractivity contribution is 0.0320. The fourth-order valence-electron chi connectivity index (χ4n) is 3.46. The number of rotatable bonds is 5. The Hall–Kier alpha value is -1.20. The molecule has 3 heterocycles. The van der Waals surface area contributed by atoms with E-state index < -0.39 is 0 Å². The zero-order valence-electron chi connectivity index (χ0n) is 16.4. The van der Waals surface area contributed by atoms with Crippen molar-refractivity contribution in [3.05, 3.63) is 18.5 Å². The van der Waals surface area contributed by atoms with Crippen molar-refractivity contribution < 1.29 is 4.74 Å². The van der Waals surface area contributed by atoms with Crippen LogP contribution in [0.25, 0.3) is 0 Å². The highest BCUT2D eigenvalue weighted by molar-refractivity contribution is 14.0. The largest absolute Gasteiger partial charge is 0.379 e. The van der Waals surface area contributed by atoms with Crippen LogP contribution in [-0.4, -0.2) is 98.3 Å². The predicted octanol–water partition coefficient (Wildman–Crippen LogP) is 0.760. The van der Waals surface area contributed by atoms with Gasteiger partial charge < -0.3 is 19.9 Å². The molecule has 8 nitrogen and oxygen atoms in total. The number of nitrogens with zero attached hydrogens (tertiary/aromatic N) is 6. The van der Waals surface area contributed by atoms with E-state index in [-0.39, 0.29) is 24.0 Å². The molecule has 0 spiro atoms. The molecular weight excluding hydrogens is 457 g/mol. The minimum Gasteiger partial charge on any atom is -0.379 e. The van der Waals surface area contributed by atoms with E-state index in [4.69, 9.17) is 4.74 Å². The molecule has 0 aromatic carbocycles. The van der Waals surface area contributed by atoms with Crippen LogP contribution in [0.4, 0.5) is 5.95 Å². The number of halogens is 1. The SMILES string of the molecule is CN=C(NCC(C)CN1CCOCC1)N1CCN(c2ncccn2)CC1.I. The zero-order valence-corrected chi connectivity index (χ0v) is 18.7. The summed E-state index contributed by atoms with van der Waals surface area (Å²) in [4.78, 5) is 20.2. The first kappa shape index (κ1) is 22.1. The molecular formula is C18H32IN7O. The summed E-state index contributed by atoms with van der Waals surface area (Å²) in [6.07, 6.45) is 3.59. The molecule has 1 atom stereocenters. The van der Waals surface area contributed by atoms with Gasteiger partial charge in [-0.1, -0.05) is 6.92 Å². The summed E-state index contributed by atoms with van der Waals surface area (Å²) >= 11 is 0. The lowest BCUT2D eigenvalue weighted by Gasteiger charge is -2.37. The van der Waals surface area contributed by atoms with Gasteiger partial charge in [-0.05, 0) is 12.0 Å². The smallest absolute Gasteiger partial charge is 0.225 e. The second kappa shape index (κ2) is 11.6. The third kappa shape index (κ3) is 6.72. The number of hydrogen-bond donors (Lipinski definition) is 1. The molecule has 9 heteroatoms. The van der Waals surface area contributed by atoms with Crippen molar-refractivity contribution in [2.75, 3.05) is 77.5 Å². The van der Waals surface area contributed by atoms with Crippen LogP contribution in [0, 0.1) is 5.92 Å². The van der Waals surface area contributed by atoms with E-state index in [1.54, 1.807) is 12.4 Å². The Labute approximate surface area is 179 Å². The van der Waals surface area contributed by atoms with E-state index >= 15 is 0 Å². The number of aromatic nitrogens is 2. The van der Waals surface area contributed by atoms with Crippen molar-refractivity contribution in [2.24, 2.45) is 10.9 Å². The Morgan fingerprint density at radius 2 is 1.81 bits per heavy atom. The van der Waals surface area contributed by atoms with Gasteiger partial charge in [0.2, 0.25) is 5.95 Å². The van der Waals surface area contributed by atoms with E-state index in [0.717, 1.165) is 77.5 Å². The summed E-state index contributed by atoms with van der Waals surface area (Å²) in [5, 5.41) is 3.55. The van der Waals surface area contributed by atoms with Crippen LogP contribution in [0.1, 0.15) is 6.92 Å². The summed E-state index contributed by atoms with van der Waals surface area (Å²) in [7, 11) is 1.86. The Balaban J connectivity index is 0.00000261. The second-order valence-corrected chi connectivity index (χ2v) is 6.97. The van der Waals surface area contributed by atoms with Crippen molar-refractivity contribution in [1.29, 1.82) is 0 Å². The number of aliphatic imine (C=N–C) groups is 1. The molecule has 2 fully saturated rings. The van der Waals surface area contributed by atoms with Gasteiger partial charge in [-0.15, -0.1) is 24.0 Å². The number of piperazine rings is 1. The van der Waals surface area contributed by atoms with Gasteiger partial charge in [0.05, 0.1) is 13.2 Å². The van der Waals surface area contributed by atoms with Gasteiger partial charge in [-0.3, -0.25) is 9.89 Å². The average molecular weight is 489 g/mol. The number of guanidine groups is 1. The van der Waals surface area contributed by atoms with E-state index in [2.05, 4.69) is 41.9 Å². The molecule has 152 valence electrons.